The molecular weight excluding hydrogens is 366 g/mol. The van der Waals surface area contributed by atoms with E-state index in [0.717, 1.165) is 53.6 Å². The molecule has 0 atom stereocenters. The van der Waals surface area contributed by atoms with Gasteiger partial charge in [0.25, 0.3) is 0 Å². The lowest BCUT2D eigenvalue weighted by Crippen LogP contribution is -2.40. The Balaban J connectivity index is 1.43. The molecule has 146 valence electrons. The number of carbonyl (C=O) groups is 1. The van der Waals surface area contributed by atoms with E-state index >= 15 is 0 Å². The van der Waals surface area contributed by atoms with Gasteiger partial charge < -0.3 is 9.47 Å². The summed E-state index contributed by atoms with van der Waals surface area (Å²) in [7, 11) is 0. The summed E-state index contributed by atoms with van der Waals surface area (Å²) in [5.41, 5.74) is 5.78. The number of likely N-dealkylation sites (tertiary alicyclic amines) is 1. The smallest absolute Gasteiger partial charge is 0.242 e. The molecule has 2 aromatic heterocycles. The van der Waals surface area contributed by atoms with Crippen molar-refractivity contribution in [3.05, 3.63) is 63.7 Å². The largest absolute Gasteiger partial charge is 0.341 e. The second kappa shape index (κ2) is 7.92. The highest BCUT2D eigenvalue weighted by molar-refractivity contribution is 7.09. The molecule has 3 aromatic rings. The summed E-state index contributed by atoms with van der Waals surface area (Å²) in [6.07, 6.45) is 2.09. The standard InChI is InChI=1S/C23H27N3OS/c1-16-13-21(22-15-28-18(3)24-22)17(2)26(16)14-23(27)25-11-9-20(10-12-25)19-7-5-4-6-8-19/h4-8,13,15,20H,9-12,14H2,1-3H3. The molecule has 1 saturated heterocycles. The van der Waals surface area contributed by atoms with Crippen LogP contribution in [0.5, 0.6) is 0 Å². The van der Waals surface area contributed by atoms with Crippen LogP contribution in [-0.2, 0) is 11.3 Å². The Labute approximate surface area is 170 Å². The Morgan fingerprint density at radius 1 is 1.14 bits per heavy atom. The van der Waals surface area contributed by atoms with Crippen LogP contribution in [0.1, 0.15) is 40.7 Å². The van der Waals surface area contributed by atoms with E-state index in [2.05, 4.69) is 65.2 Å². The first-order chi connectivity index (χ1) is 13.5. The number of aryl methyl sites for hydroxylation is 2. The third-order valence-corrected chi connectivity index (χ3v) is 6.65. The van der Waals surface area contributed by atoms with Gasteiger partial charge in [-0.3, -0.25) is 4.79 Å². The molecule has 4 nitrogen and oxygen atoms in total. The van der Waals surface area contributed by atoms with E-state index in [4.69, 9.17) is 0 Å². The maximum atomic E-state index is 13.0. The monoisotopic (exact) mass is 393 g/mol. The molecule has 0 radical (unpaired) electrons. The molecular formula is C23H27N3OS. The maximum absolute atomic E-state index is 13.0. The number of carbonyl (C=O) groups excluding carboxylic acids is 1. The molecule has 1 aromatic carbocycles. The Morgan fingerprint density at radius 2 is 1.86 bits per heavy atom. The molecule has 0 N–H and O–H groups in total. The minimum Gasteiger partial charge on any atom is -0.341 e. The van der Waals surface area contributed by atoms with E-state index in [-0.39, 0.29) is 5.91 Å². The average molecular weight is 394 g/mol. The van der Waals surface area contributed by atoms with Crippen LogP contribution in [0.4, 0.5) is 0 Å². The molecule has 1 aliphatic rings. The van der Waals surface area contributed by atoms with Gasteiger partial charge in [-0.2, -0.15) is 0 Å². The number of piperidine rings is 1. The first-order valence-corrected chi connectivity index (χ1v) is 10.8. The number of thiazole rings is 1. The van der Waals surface area contributed by atoms with E-state index in [1.165, 1.54) is 5.56 Å². The maximum Gasteiger partial charge on any atom is 0.242 e. The van der Waals surface area contributed by atoms with Crippen LogP contribution in [0.25, 0.3) is 11.3 Å². The summed E-state index contributed by atoms with van der Waals surface area (Å²) in [4.78, 5) is 19.6. The lowest BCUT2D eigenvalue weighted by Gasteiger charge is -2.32. The van der Waals surface area contributed by atoms with Crippen LogP contribution in [0.15, 0.2) is 41.8 Å². The van der Waals surface area contributed by atoms with Crippen molar-refractivity contribution < 1.29 is 4.79 Å². The van der Waals surface area contributed by atoms with E-state index in [9.17, 15) is 4.79 Å². The Bertz CT molecular complexity index is 965. The van der Waals surface area contributed by atoms with Crippen molar-refractivity contribution in [3.63, 3.8) is 0 Å². The first kappa shape index (κ1) is 18.9. The van der Waals surface area contributed by atoms with Crippen molar-refractivity contribution in [2.75, 3.05) is 13.1 Å². The van der Waals surface area contributed by atoms with E-state index in [1.807, 2.05) is 11.8 Å². The minimum absolute atomic E-state index is 0.217. The quantitative estimate of drug-likeness (QED) is 0.629. The molecule has 1 amide bonds. The van der Waals surface area contributed by atoms with E-state index in [1.54, 1.807) is 11.3 Å². The van der Waals surface area contributed by atoms with Crippen molar-refractivity contribution in [2.45, 2.75) is 46.1 Å². The molecule has 0 unspecified atom stereocenters. The van der Waals surface area contributed by atoms with Gasteiger partial charge in [-0.15, -0.1) is 11.3 Å². The van der Waals surface area contributed by atoms with Crippen LogP contribution in [-0.4, -0.2) is 33.4 Å². The predicted molar refractivity (Wildman–Crippen MR) is 115 cm³/mol. The Kier molecular flexibility index (Phi) is 5.36. The molecule has 5 heteroatoms. The second-order valence-electron chi connectivity index (χ2n) is 7.69. The van der Waals surface area contributed by atoms with Gasteiger partial charge in [0, 0.05) is 35.4 Å². The van der Waals surface area contributed by atoms with Crippen molar-refractivity contribution in [2.24, 2.45) is 0 Å². The minimum atomic E-state index is 0.217. The van der Waals surface area contributed by atoms with Gasteiger partial charge in [0.2, 0.25) is 5.91 Å². The van der Waals surface area contributed by atoms with Crippen molar-refractivity contribution in [1.29, 1.82) is 0 Å². The summed E-state index contributed by atoms with van der Waals surface area (Å²) in [5.74, 6) is 0.786. The molecule has 0 saturated carbocycles. The predicted octanol–water partition coefficient (Wildman–Crippen LogP) is 4.94. The molecule has 4 rings (SSSR count). The van der Waals surface area contributed by atoms with Crippen LogP contribution in [0.3, 0.4) is 0 Å². The number of benzene rings is 1. The molecule has 28 heavy (non-hydrogen) atoms. The molecule has 0 aliphatic carbocycles. The van der Waals surface area contributed by atoms with Crippen molar-refractivity contribution in [3.8, 4) is 11.3 Å². The third kappa shape index (κ3) is 3.76. The first-order valence-electron chi connectivity index (χ1n) is 9.95. The summed E-state index contributed by atoms with van der Waals surface area (Å²) < 4.78 is 2.13. The lowest BCUT2D eigenvalue weighted by molar-refractivity contribution is -0.132. The molecule has 1 fully saturated rings. The fourth-order valence-electron chi connectivity index (χ4n) is 4.21. The summed E-state index contributed by atoms with van der Waals surface area (Å²) in [5, 5.41) is 3.16. The van der Waals surface area contributed by atoms with Gasteiger partial charge in [-0.05, 0) is 51.2 Å². The van der Waals surface area contributed by atoms with Crippen LogP contribution < -0.4 is 0 Å². The fourth-order valence-corrected chi connectivity index (χ4v) is 4.83. The number of aromatic nitrogens is 2. The van der Waals surface area contributed by atoms with Gasteiger partial charge >= 0.3 is 0 Å². The van der Waals surface area contributed by atoms with Gasteiger partial charge in [-0.25, -0.2) is 4.98 Å². The zero-order valence-corrected chi connectivity index (χ0v) is 17.6. The molecule has 3 heterocycles. The number of nitrogens with zero attached hydrogens (tertiary/aromatic N) is 3. The summed E-state index contributed by atoms with van der Waals surface area (Å²) in [6, 6.07) is 12.8. The Hall–Kier alpha value is -2.40. The highest BCUT2D eigenvalue weighted by atomic mass is 32.1. The Morgan fingerprint density at radius 3 is 2.50 bits per heavy atom. The van der Waals surface area contributed by atoms with Crippen LogP contribution in [0.2, 0.25) is 0 Å². The fraction of sp³-hybridized carbons (Fsp3) is 0.391. The number of hydrogen-bond donors (Lipinski definition) is 0. The number of amides is 1. The highest BCUT2D eigenvalue weighted by Gasteiger charge is 2.25. The van der Waals surface area contributed by atoms with Gasteiger partial charge in [0.15, 0.2) is 0 Å². The van der Waals surface area contributed by atoms with Crippen LogP contribution >= 0.6 is 11.3 Å². The van der Waals surface area contributed by atoms with Crippen LogP contribution in [0, 0.1) is 20.8 Å². The molecule has 1 aliphatic heterocycles. The van der Waals surface area contributed by atoms with Gasteiger partial charge in [0.05, 0.1) is 10.7 Å². The van der Waals surface area contributed by atoms with Gasteiger partial charge in [0.1, 0.15) is 6.54 Å². The van der Waals surface area contributed by atoms with Crippen molar-refractivity contribution in [1.82, 2.24) is 14.5 Å². The van der Waals surface area contributed by atoms with Crippen molar-refractivity contribution >= 4 is 17.2 Å². The third-order valence-electron chi connectivity index (χ3n) is 5.88. The van der Waals surface area contributed by atoms with Gasteiger partial charge in [-0.1, -0.05) is 30.3 Å². The lowest BCUT2D eigenvalue weighted by atomic mass is 9.89. The number of hydrogen-bond acceptors (Lipinski definition) is 3. The zero-order chi connectivity index (χ0) is 19.7. The zero-order valence-electron chi connectivity index (χ0n) is 16.8. The second-order valence-corrected chi connectivity index (χ2v) is 8.75. The molecule has 0 spiro atoms. The highest BCUT2D eigenvalue weighted by Crippen LogP contribution is 2.30. The molecule has 0 bridgehead atoms. The summed E-state index contributed by atoms with van der Waals surface area (Å²) in [6.45, 7) is 8.29. The topological polar surface area (TPSA) is 38.1 Å². The summed E-state index contributed by atoms with van der Waals surface area (Å²) >= 11 is 1.66. The average Bonchev–Trinajstić information content (AvgIpc) is 3.27. The SMILES string of the molecule is Cc1nc(-c2cc(C)n(CC(=O)N3CCC(c4ccccc4)CC3)c2C)cs1. The number of rotatable bonds is 4. The van der Waals surface area contributed by atoms with E-state index < -0.39 is 0 Å². The van der Waals surface area contributed by atoms with E-state index in [0.29, 0.717) is 12.5 Å². The normalized spacial score (nSPS) is 15.2.